The summed E-state index contributed by atoms with van der Waals surface area (Å²) in [4.78, 5) is 0. The molecule has 0 aliphatic carbocycles. The Morgan fingerprint density at radius 3 is 1.58 bits per heavy atom. The van der Waals surface area contributed by atoms with Gasteiger partial charge in [0.1, 0.15) is 5.60 Å². The SMILES string of the molecule is C=C(C)C(O)OC(C)(C)C(O)(C(F)(F)F)C(F)(F)F. The van der Waals surface area contributed by atoms with Gasteiger partial charge >= 0.3 is 12.4 Å². The van der Waals surface area contributed by atoms with Crippen LogP contribution in [0.1, 0.15) is 20.8 Å². The van der Waals surface area contributed by atoms with Gasteiger partial charge in [0, 0.05) is 0 Å². The molecule has 1 unspecified atom stereocenters. The summed E-state index contributed by atoms with van der Waals surface area (Å²) in [5.74, 6) is 0. The molecule has 0 aliphatic heterocycles. The van der Waals surface area contributed by atoms with Crippen molar-refractivity contribution in [1.82, 2.24) is 0 Å². The second-order valence-electron chi connectivity index (χ2n) is 4.53. The summed E-state index contributed by atoms with van der Waals surface area (Å²) >= 11 is 0. The van der Waals surface area contributed by atoms with Gasteiger partial charge in [-0.25, -0.2) is 0 Å². The normalized spacial score (nSPS) is 16.4. The summed E-state index contributed by atoms with van der Waals surface area (Å²) in [6.45, 7) is 5.02. The van der Waals surface area contributed by atoms with Crippen LogP contribution in [0.25, 0.3) is 0 Å². The lowest BCUT2D eigenvalue weighted by Gasteiger charge is -2.44. The number of hydrogen-bond donors (Lipinski definition) is 2. The molecule has 0 bridgehead atoms. The van der Waals surface area contributed by atoms with E-state index in [-0.39, 0.29) is 5.57 Å². The molecule has 3 nitrogen and oxygen atoms in total. The molecule has 0 spiro atoms. The van der Waals surface area contributed by atoms with E-state index in [0.717, 1.165) is 6.92 Å². The van der Waals surface area contributed by atoms with Crippen LogP contribution >= 0.6 is 0 Å². The van der Waals surface area contributed by atoms with Crippen molar-refractivity contribution in [3.05, 3.63) is 12.2 Å². The molecule has 9 heteroatoms. The molecular formula is C10H14F6O3. The Balaban J connectivity index is 5.70. The first-order valence-electron chi connectivity index (χ1n) is 4.95. The predicted molar refractivity (Wildman–Crippen MR) is 53.0 cm³/mol. The zero-order chi connectivity index (χ0) is 15.9. The number of hydrogen-bond acceptors (Lipinski definition) is 3. The average molecular weight is 296 g/mol. The minimum Gasteiger partial charge on any atom is -0.371 e. The number of ether oxygens (including phenoxy) is 1. The smallest absolute Gasteiger partial charge is 0.371 e. The van der Waals surface area contributed by atoms with Gasteiger partial charge in [0.15, 0.2) is 6.29 Å². The minimum atomic E-state index is -6.04. The fourth-order valence-corrected chi connectivity index (χ4v) is 1.31. The lowest BCUT2D eigenvalue weighted by molar-refractivity contribution is -0.420. The van der Waals surface area contributed by atoms with Gasteiger partial charge in [-0.3, -0.25) is 0 Å². The van der Waals surface area contributed by atoms with Crippen molar-refractivity contribution in [2.75, 3.05) is 0 Å². The van der Waals surface area contributed by atoms with Crippen LogP contribution in [0.4, 0.5) is 26.3 Å². The lowest BCUT2D eigenvalue weighted by atomic mass is 9.84. The van der Waals surface area contributed by atoms with Crippen LogP contribution in [0.2, 0.25) is 0 Å². The maximum atomic E-state index is 12.6. The molecular weight excluding hydrogens is 282 g/mol. The van der Waals surface area contributed by atoms with Crippen LogP contribution < -0.4 is 0 Å². The van der Waals surface area contributed by atoms with Crippen LogP contribution in [0.3, 0.4) is 0 Å². The van der Waals surface area contributed by atoms with Crippen molar-refractivity contribution in [2.45, 2.75) is 50.6 Å². The minimum absolute atomic E-state index is 0.209. The third kappa shape index (κ3) is 3.21. The second-order valence-corrected chi connectivity index (χ2v) is 4.53. The Hall–Kier alpha value is -0.800. The Bertz CT molecular complexity index is 330. The summed E-state index contributed by atoms with van der Waals surface area (Å²) in [5, 5.41) is 18.3. The molecule has 0 saturated heterocycles. The van der Waals surface area contributed by atoms with Crippen LogP contribution in [-0.4, -0.2) is 40.1 Å². The number of aliphatic hydroxyl groups excluding tert-OH is 1. The molecule has 0 aromatic rings. The average Bonchev–Trinajstić information content (AvgIpc) is 2.11. The summed E-state index contributed by atoms with van der Waals surface area (Å²) in [5.41, 5.74) is -8.52. The first-order chi connectivity index (χ1) is 8.08. The lowest BCUT2D eigenvalue weighted by Crippen LogP contribution is -2.70. The largest absolute Gasteiger partial charge is 0.429 e. The van der Waals surface area contributed by atoms with Crippen molar-refractivity contribution in [1.29, 1.82) is 0 Å². The maximum absolute atomic E-state index is 12.6. The molecule has 0 aromatic heterocycles. The fraction of sp³-hybridized carbons (Fsp3) is 0.800. The predicted octanol–water partition coefficient (Wildman–Crippen LogP) is 2.53. The van der Waals surface area contributed by atoms with Gasteiger partial charge in [-0.15, -0.1) is 0 Å². The van der Waals surface area contributed by atoms with E-state index in [2.05, 4.69) is 11.3 Å². The molecule has 0 aromatic carbocycles. The van der Waals surface area contributed by atoms with E-state index in [9.17, 15) is 31.4 Å². The molecule has 1 atom stereocenters. The molecule has 0 aliphatic rings. The monoisotopic (exact) mass is 296 g/mol. The Morgan fingerprint density at radius 1 is 1.05 bits per heavy atom. The fourth-order valence-electron chi connectivity index (χ4n) is 1.31. The number of rotatable bonds is 4. The molecule has 0 fully saturated rings. The van der Waals surface area contributed by atoms with Crippen molar-refractivity contribution < 1.29 is 41.3 Å². The Labute approximate surface area is 105 Å². The molecule has 114 valence electrons. The van der Waals surface area contributed by atoms with Crippen molar-refractivity contribution in [3.8, 4) is 0 Å². The van der Waals surface area contributed by atoms with Crippen molar-refractivity contribution in [2.24, 2.45) is 0 Å². The number of halogens is 6. The van der Waals surface area contributed by atoms with Gasteiger partial charge in [0.25, 0.3) is 5.60 Å². The van der Waals surface area contributed by atoms with Crippen LogP contribution in [-0.2, 0) is 4.74 Å². The Kier molecular flexibility index (Phi) is 4.74. The molecule has 19 heavy (non-hydrogen) atoms. The van der Waals surface area contributed by atoms with Gasteiger partial charge < -0.3 is 14.9 Å². The first-order valence-corrected chi connectivity index (χ1v) is 4.95. The number of aliphatic hydroxyl groups is 2. The summed E-state index contributed by atoms with van der Waals surface area (Å²) < 4.78 is 79.8. The van der Waals surface area contributed by atoms with Crippen LogP contribution in [0, 0.1) is 0 Å². The zero-order valence-corrected chi connectivity index (χ0v) is 10.4. The van der Waals surface area contributed by atoms with Gasteiger partial charge in [-0.1, -0.05) is 6.58 Å². The summed E-state index contributed by atoms with van der Waals surface area (Å²) in [6.07, 6.45) is -14.2. The van der Waals surface area contributed by atoms with E-state index >= 15 is 0 Å². The maximum Gasteiger partial charge on any atom is 0.429 e. The van der Waals surface area contributed by atoms with E-state index < -0.39 is 29.8 Å². The van der Waals surface area contributed by atoms with E-state index in [1.54, 1.807) is 0 Å². The van der Waals surface area contributed by atoms with E-state index in [1.807, 2.05) is 0 Å². The Morgan fingerprint density at radius 2 is 1.37 bits per heavy atom. The summed E-state index contributed by atoms with van der Waals surface area (Å²) in [6, 6.07) is 0. The van der Waals surface area contributed by atoms with E-state index in [4.69, 9.17) is 5.11 Å². The molecule has 0 rings (SSSR count). The molecule has 0 amide bonds. The van der Waals surface area contributed by atoms with Gasteiger partial charge in [0.05, 0.1) is 0 Å². The topological polar surface area (TPSA) is 49.7 Å². The van der Waals surface area contributed by atoms with Crippen LogP contribution in [0.5, 0.6) is 0 Å². The van der Waals surface area contributed by atoms with Crippen molar-refractivity contribution >= 4 is 0 Å². The van der Waals surface area contributed by atoms with Gasteiger partial charge in [-0.05, 0) is 26.3 Å². The quantitative estimate of drug-likeness (QED) is 0.476. The highest BCUT2D eigenvalue weighted by atomic mass is 19.4. The first kappa shape index (κ1) is 18.2. The third-order valence-corrected chi connectivity index (χ3v) is 2.52. The third-order valence-electron chi connectivity index (χ3n) is 2.52. The molecule has 0 heterocycles. The van der Waals surface area contributed by atoms with E-state index in [0.29, 0.717) is 13.8 Å². The molecule has 2 N–H and O–H groups in total. The highest BCUT2D eigenvalue weighted by Gasteiger charge is 2.78. The van der Waals surface area contributed by atoms with Crippen molar-refractivity contribution in [3.63, 3.8) is 0 Å². The molecule has 0 saturated carbocycles. The zero-order valence-electron chi connectivity index (χ0n) is 10.4. The summed E-state index contributed by atoms with van der Waals surface area (Å²) in [7, 11) is 0. The highest BCUT2D eigenvalue weighted by molar-refractivity contribution is 5.07. The van der Waals surface area contributed by atoms with Crippen LogP contribution in [0.15, 0.2) is 12.2 Å². The standard InChI is InChI=1S/C10H14F6O3/c1-5(2)6(17)19-7(3,4)8(18,9(11,12)13)10(14,15)16/h6,17-18H,1H2,2-4H3. The molecule has 0 radical (unpaired) electrons. The highest BCUT2D eigenvalue weighted by Crippen LogP contribution is 2.50. The second kappa shape index (κ2) is 4.95. The van der Waals surface area contributed by atoms with E-state index in [1.165, 1.54) is 0 Å². The number of alkyl halides is 6. The van der Waals surface area contributed by atoms with Gasteiger partial charge in [0.2, 0.25) is 0 Å². The van der Waals surface area contributed by atoms with Gasteiger partial charge in [-0.2, -0.15) is 26.3 Å².